The topological polar surface area (TPSA) is 82.1 Å². The zero-order valence-electron chi connectivity index (χ0n) is 20.1. The number of aromatic nitrogens is 4. The average Bonchev–Trinajstić information content (AvgIpc) is 3.39. The van der Waals surface area contributed by atoms with Gasteiger partial charge in [0, 0.05) is 20.1 Å². The van der Waals surface area contributed by atoms with Crippen molar-refractivity contribution >= 4 is 11.2 Å². The standard InChI is InChI=1S/C24H35F3N4O3/c1-4-15(2)5-6-17-11-18(17)13-30-14-28-20-19(30)21(32)31(22(33)29(20)3)12-16-7-9-23(34,10-8-16)24(25,26)27/h14-18,34H,4-13H2,1-3H3. The Kier molecular flexibility index (Phi) is 6.74. The maximum atomic E-state index is 13.3. The van der Waals surface area contributed by atoms with Crippen molar-refractivity contribution in [3.63, 3.8) is 0 Å². The van der Waals surface area contributed by atoms with Crippen LogP contribution in [0.1, 0.15) is 65.2 Å². The summed E-state index contributed by atoms with van der Waals surface area (Å²) in [7, 11) is 1.56. The van der Waals surface area contributed by atoms with Gasteiger partial charge in [-0.05, 0) is 62.2 Å². The van der Waals surface area contributed by atoms with Crippen LogP contribution in [-0.2, 0) is 20.1 Å². The minimum absolute atomic E-state index is 0.0432. The number of hydrogen-bond acceptors (Lipinski definition) is 4. The molecule has 1 N–H and O–H groups in total. The first-order valence-corrected chi connectivity index (χ1v) is 12.4. The summed E-state index contributed by atoms with van der Waals surface area (Å²) in [4.78, 5) is 30.5. The molecule has 0 aromatic carbocycles. The summed E-state index contributed by atoms with van der Waals surface area (Å²) < 4.78 is 43.7. The van der Waals surface area contributed by atoms with Crippen LogP contribution in [0.5, 0.6) is 0 Å². The van der Waals surface area contributed by atoms with Crippen LogP contribution in [0.4, 0.5) is 13.2 Å². The zero-order chi connectivity index (χ0) is 24.8. The van der Waals surface area contributed by atoms with Gasteiger partial charge in [0.15, 0.2) is 16.8 Å². The van der Waals surface area contributed by atoms with E-state index in [1.54, 1.807) is 13.4 Å². The van der Waals surface area contributed by atoms with E-state index >= 15 is 0 Å². The monoisotopic (exact) mass is 484 g/mol. The van der Waals surface area contributed by atoms with Crippen LogP contribution >= 0.6 is 0 Å². The van der Waals surface area contributed by atoms with Crippen molar-refractivity contribution in [1.82, 2.24) is 18.7 Å². The molecular formula is C24H35F3N4O3. The number of alkyl halides is 3. The number of aliphatic hydroxyl groups is 1. The van der Waals surface area contributed by atoms with Crippen LogP contribution in [0.3, 0.4) is 0 Å². The summed E-state index contributed by atoms with van der Waals surface area (Å²) >= 11 is 0. The van der Waals surface area contributed by atoms with E-state index in [-0.39, 0.29) is 25.3 Å². The van der Waals surface area contributed by atoms with Crippen LogP contribution in [-0.4, -0.2) is 35.6 Å². The molecular weight excluding hydrogens is 449 g/mol. The first kappa shape index (κ1) is 25.0. The first-order chi connectivity index (χ1) is 15.9. The largest absolute Gasteiger partial charge is 0.417 e. The number of halogens is 3. The Labute approximate surface area is 196 Å². The highest BCUT2D eigenvalue weighted by Gasteiger charge is 2.54. The normalized spacial score (nSPS) is 28.4. The highest BCUT2D eigenvalue weighted by atomic mass is 19.4. The fourth-order valence-corrected chi connectivity index (χ4v) is 5.34. The fourth-order valence-electron chi connectivity index (χ4n) is 5.34. The van der Waals surface area contributed by atoms with Gasteiger partial charge < -0.3 is 9.67 Å². The Morgan fingerprint density at radius 2 is 1.88 bits per heavy atom. The molecule has 0 radical (unpaired) electrons. The third-order valence-corrected chi connectivity index (χ3v) is 8.23. The second-order valence-corrected chi connectivity index (χ2v) is 10.6. The molecule has 7 nitrogen and oxygen atoms in total. The molecule has 0 bridgehead atoms. The van der Waals surface area contributed by atoms with E-state index in [1.165, 1.54) is 23.8 Å². The predicted octanol–water partition coefficient (Wildman–Crippen LogP) is 3.84. The minimum Gasteiger partial charge on any atom is -0.380 e. The van der Waals surface area contributed by atoms with E-state index in [2.05, 4.69) is 18.8 Å². The number of hydrogen-bond donors (Lipinski definition) is 1. The molecule has 3 atom stereocenters. The van der Waals surface area contributed by atoms with Gasteiger partial charge in [-0.25, -0.2) is 9.78 Å². The zero-order valence-corrected chi connectivity index (χ0v) is 20.1. The Hall–Kier alpha value is -2.10. The molecule has 0 saturated heterocycles. The van der Waals surface area contributed by atoms with Gasteiger partial charge in [-0.2, -0.15) is 13.2 Å². The van der Waals surface area contributed by atoms with Gasteiger partial charge >= 0.3 is 11.9 Å². The van der Waals surface area contributed by atoms with Gasteiger partial charge in [0.25, 0.3) is 5.56 Å². The molecule has 0 aliphatic heterocycles. The van der Waals surface area contributed by atoms with Gasteiger partial charge in [-0.3, -0.25) is 13.9 Å². The van der Waals surface area contributed by atoms with Crippen molar-refractivity contribution in [2.24, 2.45) is 30.7 Å². The van der Waals surface area contributed by atoms with Crippen LogP contribution in [0.15, 0.2) is 15.9 Å². The summed E-state index contributed by atoms with van der Waals surface area (Å²) in [6.07, 6.45) is 0.983. The lowest BCUT2D eigenvalue weighted by Crippen LogP contribution is -2.49. The molecule has 2 aromatic rings. The number of fused-ring (bicyclic) bond motifs is 1. The Morgan fingerprint density at radius 3 is 2.50 bits per heavy atom. The molecule has 190 valence electrons. The maximum absolute atomic E-state index is 13.3. The van der Waals surface area contributed by atoms with Crippen molar-refractivity contribution in [3.05, 3.63) is 27.2 Å². The second kappa shape index (κ2) is 9.17. The first-order valence-electron chi connectivity index (χ1n) is 12.4. The van der Waals surface area contributed by atoms with E-state index in [1.807, 2.05) is 4.57 Å². The predicted molar refractivity (Wildman–Crippen MR) is 122 cm³/mol. The van der Waals surface area contributed by atoms with E-state index in [9.17, 15) is 27.9 Å². The lowest BCUT2D eigenvalue weighted by atomic mass is 9.78. The molecule has 2 aliphatic carbocycles. The molecule has 2 aliphatic rings. The molecule has 2 heterocycles. The maximum Gasteiger partial charge on any atom is 0.417 e. The molecule has 2 aromatic heterocycles. The number of imidazole rings is 1. The van der Waals surface area contributed by atoms with Crippen molar-refractivity contribution in [3.8, 4) is 0 Å². The van der Waals surface area contributed by atoms with E-state index < -0.39 is 35.9 Å². The molecule has 10 heteroatoms. The van der Waals surface area contributed by atoms with Crippen LogP contribution in [0.2, 0.25) is 0 Å². The van der Waals surface area contributed by atoms with Crippen molar-refractivity contribution in [2.45, 2.75) is 90.1 Å². The molecule has 3 unspecified atom stereocenters. The third-order valence-electron chi connectivity index (χ3n) is 8.23. The third kappa shape index (κ3) is 4.70. The summed E-state index contributed by atoms with van der Waals surface area (Å²) in [6, 6.07) is 0. The van der Waals surface area contributed by atoms with Crippen molar-refractivity contribution < 1.29 is 18.3 Å². The average molecular weight is 485 g/mol. The lowest BCUT2D eigenvalue weighted by molar-refractivity contribution is -0.272. The van der Waals surface area contributed by atoms with Gasteiger partial charge in [0.05, 0.1) is 6.33 Å². The van der Waals surface area contributed by atoms with E-state index in [0.717, 1.165) is 11.0 Å². The smallest absolute Gasteiger partial charge is 0.380 e. The van der Waals surface area contributed by atoms with Crippen molar-refractivity contribution in [2.75, 3.05) is 0 Å². The molecule has 4 rings (SSSR count). The Morgan fingerprint density at radius 1 is 1.21 bits per heavy atom. The molecule has 2 saturated carbocycles. The fraction of sp³-hybridized carbons (Fsp3) is 0.792. The summed E-state index contributed by atoms with van der Waals surface area (Å²) in [5.41, 5.74) is -2.94. The molecule has 0 spiro atoms. The summed E-state index contributed by atoms with van der Waals surface area (Å²) in [5, 5.41) is 9.92. The second-order valence-electron chi connectivity index (χ2n) is 10.6. The molecule has 34 heavy (non-hydrogen) atoms. The van der Waals surface area contributed by atoms with Gasteiger partial charge in [0.2, 0.25) is 0 Å². The number of rotatable bonds is 8. The number of nitrogens with zero attached hydrogens (tertiary/aromatic N) is 4. The van der Waals surface area contributed by atoms with Gasteiger partial charge in [0.1, 0.15) is 0 Å². The van der Waals surface area contributed by atoms with Crippen LogP contribution in [0.25, 0.3) is 11.2 Å². The minimum atomic E-state index is -4.67. The lowest BCUT2D eigenvalue weighted by Gasteiger charge is -2.37. The number of aryl methyl sites for hydroxylation is 1. The SMILES string of the molecule is CCC(C)CCC1CC1Cn1cnc2c1c(=O)n(CC1CCC(O)(C(F)(F)F)CC1)c(=O)n2C. The highest BCUT2D eigenvalue weighted by molar-refractivity contribution is 5.70. The van der Waals surface area contributed by atoms with Gasteiger partial charge in [-0.15, -0.1) is 0 Å². The quantitative estimate of drug-likeness (QED) is 0.617. The Balaban J connectivity index is 1.51. The van der Waals surface area contributed by atoms with Crippen LogP contribution in [0, 0.1) is 23.7 Å². The van der Waals surface area contributed by atoms with Gasteiger partial charge in [-0.1, -0.05) is 26.7 Å². The summed E-state index contributed by atoms with van der Waals surface area (Å²) in [6.45, 7) is 5.18. The molecule has 2 fully saturated rings. The Bertz CT molecular complexity index is 1140. The van der Waals surface area contributed by atoms with E-state index in [0.29, 0.717) is 35.5 Å². The summed E-state index contributed by atoms with van der Waals surface area (Å²) in [5.74, 6) is 1.57. The van der Waals surface area contributed by atoms with E-state index in [4.69, 9.17) is 0 Å². The van der Waals surface area contributed by atoms with Crippen molar-refractivity contribution in [1.29, 1.82) is 0 Å². The highest BCUT2D eigenvalue weighted by Crippen LogP contribution is 2.45. The van der Waals surface area contributed by atoms with Crippen LogP contribution < -0.4 is 11.2 Å². The molecule has 0 amide bonds.